The quantitative estimate of drug-likeness (QED) is 0.899. The average Bonchev–Trinajstić information content (AvgIpc) is 2.78. The summed E-state index contributed by atoms with van der Waals surface area (Å²) in [5, 5.41) is 8.77. The summed E-state index contributed by atoms with van der Waals surface area (Å²) in [5.74, 6) is -0.433. The van der Waals surface area contributed by atoms with Gasteiger partial charge < -0.3 is 14.4 Å². The van der Waals surface area contributed by atoms with Gasteiger partial charge in [-0.05, 0) is 31.2 Å². The molecule has 0 saturated carbocycles. The fourth-order valence-electron chi connectivity index (χ4n) is 1.70. The molecule has 1 aromatic heterocycles. The highest BCUT2D eigenvalue weighted by Crippen LogP contribution is 2.17. The van der Waals surface area contributed by atoms with Gasteiger partial charge in [0.05, 0.1) is 6.54 Å². The number of hydrogen-bond acceptors (Lipinski definition) is 3. The van der Waals surface area contributed by atoms with Crippen molar-refractivity contribution in [2.24, 2.45) is 0 Å². The van der Waals surface area contributed by atoms with Crippen molar-refractivity contribution in [2.75, 3.05) is 11.9 Å². The molecule has 0 aliphatic heterocycles. The van der Waals surface area contributed by atoms with Gasteiger partial charge >= 0.3 is 5.97 Å². The van der Waals surface area contributed by atoms with E-state index in [2.05, 4.69) is 0 Å². The first kappa shape index (κ1) is 12.2. The number of rotatable bonds is 4. The summed E-state index contributed by atoms with van der Waals surface area (Å²) in [4.78, 5) is 12.7. The number of aromatic carboxylic acids is 1. The second kappa shape index (κ2) is 4.96. The van der Waals surface area contributed by atoms with Crippen LogP contribution in [0.25, 0.3) is 0 Å². The number of hydrogen-bond donors (Lipinski definition) is 1. The van der Waals surface area contributed by atoms with Crippen molar-refractivity contribution in [2.45, 2.75) is 13.5 Å². The van der Waals surface area contributed by atoms with Gasteiger partial charge in [-0.15, -0.1) is 0 Å². The van der Waals surface area contributed by atoms with Gasteiger partial charge in [0.1, 0.15) is 5.76 Å². The highest BCUT2D eigenvalue weighted by molar-refractivity contribution is 5.84. The van der Waals surface area contributed by atoms with Gasteiger partial charge in [-0.1, -0.05) is 17.7 Å². The third kappa shape index (κ3) is 2.71. The van der Waals surface area contributed by atoms with E-state index in [1.165, 1.54) is 11.6 Å². The van der Waals surface area contributed by atoms with Crippen molar-refractivity contribution in [1.29, 1.82) is 0 Å². The molecule has 2 aromatic rings. The van der Waals surface area contributed by atoms with E-state index < -0.39 is 5.97 Å². The minimum Gasteiger partial charge on any atom is -0.475 e. The smallest absolute Gasteiger partial charge is 0.371 e. The molecule has 0 unspecified atom stereocenters. The molecule has 0 radical (unpaired) electrons. The van der Waals surface area contributed by atoms with Crippen LogP contribution in [0.15, 0.2) is 40.8 Å². The lowest BCUT2D eigenvalue weighted by Gasteiger charge is -2.17. The summed E-state index contributed by atoms with van der Waals surface area (Å²) < 4.78 is 5.22. The van der Waals surface area contributed by atoms with E-state index in [0.29, 0.717) is 12.3 Å². The van der Waals surface area contributed by atoms with Crippen molar-refractivity contribution in [3.63, 3.8) is 0 Å². The topological polar surface area (TPSA) is 53.7 Å². The van der Waals surface area contributed by atoms with Gasteiger partial charge in [-0.3, -0.25) is 0 Å². The first-order valence-electron chi connectivity index (χ1n) is 5.66. The summed E-state index contributed by atoms with van der Waals surface area (Å²) in [7, 11) is 1.94. The van der Waals surface area contributed by atoms with E-state index in [1.807, 2.05) is 43.1 Å². The molecule has 0 fully saturated rings. The number of aryl methyl sites for hydroxylation is 1. The number of carbonyl (C=O) groups is 1. The molecule has 0 aliphatic carbocycles. The van der Waals surface area contributed by atoms with Crippen LogP contribution < -0.4 is 4.90 Å². The maximum atomic E-state index is 10.7. The number of nitrogens with zero attached hydrogens (tertiary/aromatic N) is 1. The molecule has 0 aliphatic rings. The summed E-state index contributed by atoms with van der Waals surface area (Å²) in [6.07, 6.45) is 0. The lowest BCUT2D eigenvalue weighted by atomic mass is 10.2. The minimum absolute atomic E-state index is 0.0256. The molecule has 0 atom stereocenters. The van der Waals surface area contributed by atoms with Crippen LogP contribution in [-0.4, -0.2) is 18.1 Å². The molecule has 18 heavy (non-hydrogen) atoms. The van der Waals surface area contributed by atoms with Crippen LogP contribution in [0, 0.1) is 6.92 Å². The maximum Gasteiger partial charge on any atom is 0.371 e. The van der Waals surface area contributed by atoms with Gasteiger partial charge in [0.15, 0.2) is 0 Å². The van der Waals surface area contributed by atoms with Crippen LogP contribution in [0.3, 0.4) is 0 Å². The zero-order valence-corrected chi connectivity index (χ0v) is 10.4. The Kier molecular flexibility index (Phi) is 3.37. The monoisotopic (exact) mass is 245 g/mol. The molecular weight excluding hydrogens is 230 g/mol. The first-order chi connectivity index (χ1) is 8.56. The maximum absolute atomic E-state index is 10.7. The standard InChI is InChI=1S/C14H15NO3/c1-10-3-5-11(6-4-10)15(2)9-12-7-8-13(18-12)14(16)17/h3-8H,9H2,1-2H3,(H,16,17). The van der Waals surface area contributed by atoms with E-state index in [-0.39, 0.29) is 5.76 Å². The number of anilines is 1. The first-order valence-corrected chi connectivity index (χ1v) is 5.66. The van der Waals surface area contributed by atoms with Crippen molar-refractivity contribution < 1.29 is 14.3 Å². The SMILES string of the molecule is Cc1ccc(N(C)Cc2ccc(C(=O)O)o2)cc1. The van der Waals surface area contributed by atoms with E-state index in [0.717, 1.165) is 5.69 Å². The van der Waals surface area contributed by atoms with Crippen molar-refractivity contribution >= 4 is 11.7 Å². The van der Waals surface area contributed by atoms with Crippen LogP contribution >= 0.6 is 0 Å². The van der Waals surface area contributed by atoms with E-state index in [1.54, 1.807) is 6.07 Å². The van der Waals surface area contributed by atoms with Gasteiger partial charge in [0.2, 0.25) is 5.76 Å². The van der Waals surface area contributed by atoms with Gasteiger partial charge in [0.25, 0.3) is 0 Å². The Bertz CT molecular complexity index is 542. The fraction of sp³-hybridized carbons (Fsp3) is 0.214. The second-order valence-electron chi connectivity index (χ2n) is 4.26. The Balaban J connectivity index is 2.08. The molecule has 1 aromatic carbocycles. The second-order valence-corrected chi connectivity index (χ2v) is 4.26. The van der Waals surface area contributed by atoms with E-state index in [9.17, 15) is 4.79 Å². The highest BCUT2D eigenvalue weighted by Gasteiger charge is 2.10. The Hall–Kier alpha value is -2.23. The van der Waals surface area contributed by atoms with Gasteiger partial charge in [0, 0.05) is 12.7 Å². The summed E-state index contributed by atoms with van der Waals surface area (Å²) in [6, 6.07) is 11.3. The zero-order chi connectivity index (χ0) is 13.1. The molecule has 0 bridgehead atoms. The fourth-order valence-corrected chi connectivity index (χ4v) is 1.70. The molecular formula is C14H15NO3. The highest BCUT2D eigenvalue weighted by atomic mass is 16.4. The lowest BCUT2D eigenvalue weighted by molar-refractivity contribution is 0.0660. The van der Waals surface area contributed by atoms with Gasteiger partial charge in [-0.25, -0.2) is 4.79 Å². The zero-order valence-electron chi connectivity index (χ0n) is 10.4. The Morgan fingerprint density at radius 2 is 1.89 bits per heavy atom. The molecule has 0 spiro atoms. The lowest BCUT2D eigenvalue weighted by Crippen LogP contribution is -2.15. The molecule has 1 N–H and O–H groups in total. The van der Waals surface area contributed by atoms with Crippen LogP contribution in [-0.2, 0) is 6.54 Å². The van der Waals surface area contributed by atoms with E-state index >= 15 is 0 Å². The largest absolute Gasteiger partial charge is 0.475 e. The average molecular weight is 245 g/mol. The predicted octanol–water partition coefficient (Wildman–Crippen LogP) is 2.92. The minimum atomic E-state index is -1.04. The van der Waals surface area contributed by atoms with Crippen molar-refractivity contribution in [3.05, 3.63) is 53.5 Å². The number of carboxylic acids is 1. The number of carboxylic acid groups (broad SMARTS) is 1. The third-order valence-electron chi connectivity index (χ3n) is 2.74. The van der Waals surface area contributed by atoms with Crippen LogP contribution in [0.5, 0.6) is 0 Å². The van der Waals surface area contributed by atoms with Gasteiger partial charge in [-0.2, -0.15) is 0 Å². The number of benzene rings is 1. The predicted molar refractivity (Wildman–Crippen MR) is 69.0 cm³/mol. The van der Waals surface area contributed by atoms with E-state index in [4.69, 9.17) is 9.52 Å². The summed E-state index contributed by atoms with van der Waals surface area (Å²) >= 11 is 0. The Labute approximate surface area is 105 Å². The van der Waals surface area contributed by atoms with Crippen molar-refractivity contribution in [3.8, 4) is 0 Å². The van der Waals surface area contributed by atoms with Crippen LogP contribution in [0.1, 0.15) is 21.9 Å². The normalized spacial score (nSPS) is 10.3. The molecule has 2 rings (SSSR count). The molecule has 4 heteroatoms. The molecule has 94 valence electrons. The molecule has 4 nitrogen and oxygen atoms in total. The number of furan rings is 1. The van der Waals surface area contributed by atoms with Crippen molar-refractivity contribution in [1.82, 2.24) is 0 Å². The third-order valence-corrected chi connectivity index (χ3v) is 2.74. The Morgan fingerprint density at radius 1 is 1.22 bits per heavy atom. The Morgan fingerprint density at radius 3 is 2.44 bits per heavy atom. The summed E-state index contributed by atoms with van der Waals surface area (Å²) in [5.41, 5.74) is 2.27. The molecule has 1 heterocycles. The molecule has 0 saturated heterocycles. The van der Waals surface area contributed by atoms with Crippen LogP contribution in [0.2, 0.25) is 0 Å². The summed E-state index contributed by atoms with van der Waals surface area (Å²) in [6.45, 7) is 2.58. The molecule has 0 amide bonds. The van der Waals surface area contributed by atoms with Crippen LogP contribution in [0.4, 0.5) is 5.69 Å².